The van der Waals surface area contributed by atoms with E-state index >= 15 is 0 Å². The molecule has 0 bridgehead atoms. The molecule has 0 amide bonds. The Balaban J connectivity index is 4.11. The Morgan fingerprint density at radius 1 is 1.55 bits per heavy atom. The highest BCUT2D eigenvalue weighted by atomic mass is 35.6. The van der Waals surface area contributed by atoms with Gasteiger partial charge in [-0.1, -0.05) is 34.8 Å². The summed E-state index contributed by atoms with van der Waals surface area (Å²) in [5.74, 6) is 0.271. The molecule has 2 nitrogen and oxygen atoms in total. The van der Waals surface area contributed by atoms with E-state index in [0.717, 1.165) is 0 Å². The molecular formula is C6H9Cl3O2. The zero-order valence-corrected chi connectivity index (χ0v) is 8.25. The van der Waals surface area contributed by atoms with E-state index < -0.39 is 3.79 Å². The molecule has 0 aromatic carbocycles. The summed E-state index contributed by atoms with van der Waals surface area (Å²) in [7, 11) is 0. The van der Waals surface area contributed by atoms with Crippen molar-refractivity contribution < 1.29 is 9.84 Å². The van der Waals surface area contributed by atoms with Crippen molar-refractivity contribution >= 4 is 34.8 Å². The van der Waals surface area contributed by atoms with E-state index in [1.807, 2.05) is 0 Å². The fourth-order valence-corrected chi connectivity index (χ4v) is 0.866. The molecule has 5 heteroatoms. The van der Waals surface area contributed by atoms with E-state index in [2.05, 4.69) is 0 Å². The number of halogens is 3. The van der Waals surface area contributed by atoms with E-state index in [1.165, 1.54) is 6.08 Å². The molecule has 0 aliphatic carbocycles. The predicted molar refractivity (Wildman–Crippen MR) is 47.1 cm³/mol. The first kappa shape index (κ1) is 11.4. The number of rotatable bonds is 3. The van der Waals surface area contributed by atoms with Crippen LogP contribution in [0.25, 0.3) is 0 Å². The molecule has 0 saturated carbocycles. The Hall–Kier alpha value is 0.370. The zero-order chi connectivity index (χ0) is 8.91. The van der Waals surface area contributed by atoms with Crippen molar-refractivity contribution in [3.63, 3.8) is 0 Å². The van der Waals surface area contributed by atoms with Gasteiger partial charge in [-0.25, -0.2) is 0 Å². The van der Waals surface area contributed by atoms with Gasteiger partial charge in [0, 0.05) is 6.08 Å². The second kappa shape index (κ2) is 5.09. The SMILES string of the molecule is CCOC(=CC(Cl)(Cl)Cl)CO. The molecule has 0 spiro atoms. The smallest absolute Gasteiger partial charge is 0.212 e. The van der Waals surface area contributed by atoms with E-state index in [9.17, 15) is 0 Å². The molecular weight excluding hydrogens is 210 g/mol. The molecule has 0 aliphatic heterocycles. The number of ether oxygens (including phenoxy) is 1. The fraction of sp³-hybridized carbons (Fsp3) is 0.667. The Morgan fingerprint density at radius 2 is 2.09 bits per heavy atom. The Morgan fingerprint density at radius 3 is 2.36 bits per heavy atom. The highest BCUT2D eigenvalue weighted by Gasteiger charge is 2.17. The molecule has 0 fully saturated rings. The van der Waals surface area contributed by atoms with Crippen LogP contribution in [-0.2, 0) is 4.74 Å². The maximum atomic E-state index is 8.65. The van der Waals surface area contributed by atoms with Crippen LogP contribution in [0.3, 0.4) is 0 Å². The lowest BCUT2D eigenvalue weighted by Crippen LogP contribution is -2.04. The molecule has 0 atom stereocenters. The van der Waals surface area contributed by atoms with Gasteiger partial charge < -0.3 is 9.84 Å². The lowest BCUT2D eigenvalue weighted by atomic mass is 10.5. The maximum absolute atomic E-state index is 8.65. The second-order valence-electron chi connectivity index (χ2n) is 1.74. The van der Waals surface area contributed by atoms with E-state index in [0.29, 0.717) is 6.61 Å². The van der Waals surface area contributed by atoms with Crippen molar-refractivity contribution in [2.45, 2.75) is 10.7 Å². The fourth-order valence-electron chi connectivity index (χ4n) is 0.501. The van der Waals surface area contributed by atoms with Gasteiger partial charge in [0.15, 0.2) is 0 Å². The van der Waals surface area contributed by atoms with Crippen LogP contribution in [0.15, 0.2) is 11.8 Å². The summed E-state index contributed by atoms with van der Waals surface area (Å²) in [6.45, 7) is 1.96. The Labute approximate surface area is 80.7 Å². The van der Waals surface area contributed by atoms with Crippen molar-refractivity contribution in [2.75, 3.05) is 13.2 Å². The molecule has 1 N–H and O–H groups in total. The first-order chi connectivity index (χ1) is 4.99. The summed E-state index contributed by atoms with van der Waals surface area (Å²) < 4.78 is 3.42. The van der Waals surface area contributed by atoms with Gasteiger partial charge in [0.1, 0.15) is 12.4 Å². The minimum absolute atomic E-state index is 0.262. The lowest BCUT2D eigenvalue weighted by Gasteiger charge is -2.09. The van der Waals surface area contributed by atoms with Crippen molar-refractivity contribution in [1.82, 2.24) is 0 Å². The normalized spacial score (nSPS) is 13.4. The van der Waals surface area contributed by atoms with Crippen LogP contribution in [0.2, 0.25) is 0 Å². The molecule has 0 radical (unpaired) electrons. The summed E-state index contributed by atoms with van der Waals surface area (Å²) in [5.41, 5.74) is 0. The van der Waals surface area contributed by atoms with E-state index in [-0.39, 0.29) is 12.4 Å². The van der Waals surface area contributed by atoms with E-state index in [1.54, 1.807) is 6.92 Å². The van der Waals surface area contributed by atoms with Crippen LogP contribution in [0, 0.1) is 0 Å². The van der Waals surface area contributed by atoms with Crippen molar-refractivity contribution in [3.05, 3.63) is 11.8 Å². The van der Waals surface area contributed by atoms with Crippen LogP contribution < -0.4 is 0 Å². The number of aliphatic hydroxyl groups is 1. The molecule has 0 heterocycles. The first-order valence-electron chi connectivity index (χ1n) is 3.01. The third-order valence-corrected chi connectivity index (χ3v) is 1.14. The highest BCUT2D eigenvalue weighted by molar-refractivity contribution is 6.68. The minimum Gasteiger partial charge on any atom is -0.496 e. The van der Waals surface area contributed by atoms with Crippen LogP contribution in [0.4, 0.5) is 0 Å². The van der Waals surface area contributed by atoms with Crippen LogP contribution >= 0.6 is 34.8 Å². The van der Waals surface area contributed by atoms with Gasteiger partial charge in [-0.2, -0.15) is 0 Å². The third-order valence-electron chi connectivity index (χ3n) is 0.810. The molecule has 0 aliphatic rings. The molecule has 66 valence electrons. The average molecular weight is 219 g/mol. The van der Waals surface area contributed by atoms with Gasteiger partial charge in [-0.05, 0) is 6.92 Å². The van der Waals surface area contributed by atoms with Crippen LogP contribution in [0.5, 0.6) is 0 Å². The average Bonchev–Trinajstić information content (AvgIpc) is 1.84. The number of hydrogen-bond acceptors (Lipinski definition) is 2. The quantitative estimate of drug-likeness (QED) is 0.583. The zero-order valence-electron chi connectivity index (χ0n) is 5.98. The molecule has 0 aromatic rings. The topological polar surface area (TPSA) is 29.5 Å². The van der Waals surface area contributed by atoms with Crippen molar-refractivity contribution in [2.24, 2.45) is 0 Å². The summed E-state index contributed by atoms with van der Waals surface area (Å²) in [6, 6.07) is 0. The monoisotopic (exact) mass is 218 g/mol. The number of aliphatic hydroxyl groups excluding tert-OH is 1. The van der Waals surface area contributed by atoms with Crippen LogP contribution in [0.1, 0.15) is 6.92 Å². The van der Waals surface area contributed by atoms with Gasteiger partial charge >= 0.3 is 0 Å². The van der Waals surface area contributed by atoms with Gasteiger partial charge in [0.2, 0.25) is 3.79 Å². The summed E-state index contributed by atoms with van der Waals surface area (Å²) in [5, 5.41) is 8.65. The minimum atomic E-state index is -1.51. The van der Waals surface area contributed by atoms with E-state index in [4.69, 9.17) is 44.6 Å². The highest BCUT2D eigenvalue weighted by Crippen LogP contribution is 2.28. The summed E-state index contributed by atoms with van der Waals surface area (Å²) >= 11 is 16.2. The van der Waals surface area contributed by atoms with Gasteiger partial charge in [0.05, 0.1) is 6.61 Å². The number of allylic oxidation sites excluding steroid dienone is 1. The van der Waals surface area contributed by atoms with Gasteiger partial charge in [-0.3, -0.25) is 0 Å². The predicted octanol–water partition coefficient (Wildman–Crippen LogP) is 2.27. The van der Waals surface area contributed by atoms with Gasteiger partial charge in [0.25, 0.3) is 0 Å². The molecule has 11 heavy (non-hydrogen) atoms. The maximum Gasteiger partial charge on any atom is 0.212 e. The molecule has 0 saturated heterocycles. The number of hydrogen-bond donors (Lipinski definition) is 1. The van der Waals surface area contributed by atoms with Gasteiger partial charge in [-0.15, -0.1) is 0 Å². The number of alkyl halides is 3. The largest absolute Gasteiger partial charge is 0.496 e. The summed E-state index contributed by atoms with van der Waals surface area (Å²) in [4.78, 5) is 0. The Kier molecular flexibility index (Phi) is 5.26. The third kappa shape index (κ3) is 6.76. The van der Waals surface area contributed by atoms with Crippen molar-refractivity contribution in [3.8, 4) is 0 Å². The summed E-state index contributed by atoms with van der Waals surface area (Å²) in [6.07, 6.45) is 1.24. The molecule has 0 unspecified atom stereocenters. The Bertz CT molecular complexity index is 139. The molecule has 0 aromatic heterocycles. The van der Waals surface area contributed by atoms with Crippen molar-refractivity contribution in [1.29, 1.82) is 0 Å². The molecule has 0 rings (SSSR count). The first-order valence-corrected chi connectivity index (χ1v) is 4.15. The second-order valence-corrected chi connectivity index (χ2v) is 4.11. The van der Waals surface area contributed by atoms with Crippen LogP contribution in [-0.4, -0.2) is 22.1 Å². The lowest BCUT2D eigenvalue weighted by molar-refractivity contribution is 0.171. The standard InChI is InChI=1S/C6H9Cl3O2/c1-2-11-5(4-10)3-6(7,8)9/h3,10H,2,4H2,1H3.